The molecule has 128 valence electrons. The Kier molecular flexibility index (Phi) is 16.2. The van der Waals surface area contributed by atoms with Crippen LogP contribution in [0.1, 0.15) is 81.5 Å². The number of carbonyl (C=O) groups excluding carboxylic acids is 1. The molecule has 23 heavy (non-hydrogen) atoms. The summed E-state index contributed by atoms with van der Waals surface area (Å²) in [6.07, 6.45) is 12.4. The van der Waals surface area contributed by atoms with Crippen molar-refractivity contribution in [3.8, 4) is 0 Å². The number of benzene rings is 1. The molecule has 0 amide bonds. The summed E-state index contributed by atoms with van der Waals surface area (Å²) in [5.74, 6) is 0.295. The molecule has 0 spiro atoms. The molecule has 0 fully saturated rings. The Bertz CT molecular complexity index is 505. The van der Waals surface area contributed by atoms with E-state index in [-0.39, 0.29) is 0 Å². The fourth-order valence-electron chi connectivity index (χ4n) is 2.36. The van der Waals surface area contributed by atoms with Crippen LogP contribution in [0.2, 0.25) is 0 Å². The molecule has 0 aliphatic heterocycles. The summed E-state index contributed by atoms with van der Waals surface area (Å²) in [6.45, 7) is 0.483. The summed E-state index contributed by atoms with van der Waals surface area (Å²) in [7, 11) is 0. The SMILES string of the molecule is CCCCCCCCCCCC(=O)c1ccccc1.O=[S](=O)=[Zr]. The second-order valence-electron chi connectivity index (χ2n) is 5.60. The number of ketones is 1. The molecule has 1 rings (SSSR count). The van der Waals surface area contributed by atoms with Gasteiger partial charge in [-0.25, -0.2) is 0 Å². The van der Waals surface area contributed by atoms with Crippen LogP contribution < -0.4 is 0 Å². The van der Waals surface area contributed by atoms with Crippen LogP contribution in [0.25, 0.3) is 0 Å². The molecule has 0 radical (unpaired) electrons. The summed E-state index contributed by atoms with van der Waals surface area (Å²) < 4.78 is 18.1. The fourth-order valence-corrected chi connectivity index (χ4v) is 2.36. The molecule has 0 bridgehead atoms. The topological polar surface area (TPSA) is 51.2 Å². The molecule has 5 heteroatoms. The summed E-state index contributed by atoms with van der Waals surface area (Å²) in [5, 5.41) is 0. The molecule has 0 unspecified atom stereocenters. The number of rotatable bonds is 11. The molecular formula is C18H28O3SZr. The van der Waals surface area contributed by atoms with Gasteiger partial charge in [0.05, 0.1) is 0 Å². The van der Waals surface area contributed by atoms with Gasteiger partial charge in [-0.1, -0.05) is 88.6 Å². The Labute approximate surface area is 155 Å². The van der Waals surface area contributed by atoms with Gasteiger partial charge in [-0.15, -0.1) is 0 Å². The zero-order valence-electron chi connectivity index (χ0n) is 14.1. The van der Waals surface area contributed by atoms with Gasteiger partial charge < -0.3 is 0 Å². The third-order valence-electron chi connectivity index (χ3n) is 3.60. The van der Waals surface area contributed by atoms with Gasteiger partial charge in [0.25, 0.3) is 0 Å². The molecule has 0 atom stereocenters. The Morgan fingerprint density at radius 2 is 1.30 bits per heavy atom. The second-order valence-corrected chi connectivity index (χ2v) is 8.53. The van der Waals surface area contributed by atoms with Crippen LogP contribution in [-0.2, 0) is 29.6 Å². The average molecular weight is 416 g/mol. The predicted octanol–water partition coefficient (Wildman–Crippen LogP) is 5.12. The van der Waals surface area contributed by atoms with Crippen LogP contribution in [0.15, 0.2) is 30.3 Å². The Morgan fingerprint density at radius 3 is 1.78 bits per heavy atom. The van der Waals surface area contributed by atoms with Gasteiger partial charge in [-0.2, -0.15) is 0 Å². The van der Waals surface area contributed by atoms with E-state index in [4.69, 9.17) is 8.42 Å². The normalized spacial score (nSPS) is 9.74. The van der Waals surface area contributed by atoms with Gasteiger partial charge in [0.2, 0.25) is 0 Å². The van der Waals surface area contributed by atoms with Crippen molar-refractivity contribution < 1.29 is 35.9 Å². The molecular weight excluding hydrogens is 387 g/mol. The predicted molar refractivity (Wildman–Crippen MR) is 91.5 cm³/mol. The zero-order chi connectivity index (χ0) is 17.3. The minimum absolute atomic E-state index is 0.295. The second kappa shape index (κ2) is 16.5. The summed E-state index contributed by atoms with van der Waals surface area (Å²) in [5.41, 5.74) is 0.863. The number of unbranched alkanes of at least 4 members (excludes halogenated alkanes) is 8. The molecule has 0 heterocycles. The van der Waals surface area contributed by atoms with Gasteiger partial charge in [0, 0.05) is 12.0 Å². The van der Waals surface area contributed by atoms with E-state index in [2.05, 4.69) is 6.92 Å². The van der Waals surface area contributed by atoms with Crippen LogP contribution in [-0.4, -0.2) is 14.2 Å². The van der Waals surface area contributed by atoms with Gasteiger partial charge in [0.1, 0.15) is 0 Å². The zero-order valence-corrected chi connectivity index (χ0v) is 17.4. The third kappa shape index (κ3) is 16.2. The van der Waals surface area contributed by atoms with Crippen LogP contribution in [0.3, 0.4) is 0 Å². The minimum atomic E-state index is -1.77. The number of carbonyl (C=O) groups is 1. The molecule has 1 aromatic rings. The number of hydrogen-bond donors (Lipinski definition) is 0. The molecule has 0 aromatic heterocycles. The number of hydrogen-bond acceptors (Lipinski definition) is 3. The summed E-state index contributed by atoms with van der Waals surface area (Å²) in [6, 6.07) is 9.65. The quantitative estimate of drug-likeness (QED) is 0.372. The molecule has 0 saturated heterocycles. The third-order valence-corrected chi connectivity index (χ3v) is 3.60. The van der Waals surface area contributed by atoms with Gasteiger partial charge in [-0.3, -0.25) is 4.79 Å². The molecule has 0 saturated carbocycles. The maximum absolute atomic E-state index is 11.9. The van der Waals surface area contributed by atoms with Crippen molar-refractivity contribution in [2.75, 3.05) is 0 Å². The van der Waals surface area contributed by atoms with Crippen LogP contribution in [0.4, 0.5) is 0 Å². The van der Waals surface area contributed by atoms with Crippen molar-refractivity contribution in [2.45, 2.75) is 71.1 Å². The Balaban J connectivity index is 0.00000108. The van der Waals surface area contributed by atoms with Crippen molar-refractivity contribution in [1.29, 1.82) is 0 Å². The number of Topliss-reactive ketones (excluding diaryl/α,β-unsaturated/α-hetero) is 1. The first-order valence-electron chi connectivity index (χ1n) is 8.46. The molecule has 0 aliphatic rings. The van der Waals surface area contributed by atoms with Gasteiger partial charge >= 0.3 is 38.0 Å². The van der Waals surface area contributed by atoms with Crippen molar-refractivity contribution >= 4 is 12.7 Å². The standard InChI is InChI=1S/C18H28O.O2S.Zr/c1-2-3-4-5-6-7-8-9-13-16-18(19)17-14-11-10-12-15-17;1-3-2;/h10-12,14-15H,2-9,13,16H2,1H3;;. The molecule has 3 nitrogen and oxygen atoms in total. The fraction of sp³-hybridized carbons (Fsp3) is 0.611. The van der Waals surface area contributed by atoms with E-state index in [0.29, 0.717) is 34.9 Å². The van der Waals surface area contributed by atoms with Crippen molar-refractivity contribution in [3.05, 3.63) is 35.9 Å². The first-order valence-corrected chi connectivity index (χ1v) is 12.5. The average Bonchev–Trinajstić information content (AvgIpc) is 2.53. The molecule has 0 aliphatic carbocycles. The van der Waals surface area contributed by atoms with E-state index in [1.54, 1.807) is 0 Å². The van der Waals surface area contributed by atoms with E-state index in [1.807, 2.05) is 30.3 Å². The Morgan fingerprint density at radius 1 is 0.870 bits per heavy atom. The van der Waals surface area contributed by atoms with E-state index < -0.39 is 6.93 Å². The summed E-state index contributed by atoms with van der Waals surface area (Å²) in [4.78, 5) is 11.9. The van der Waals surface area contributed by atoms with E-state index in [0.717, 1.165) is 12.0 Å². The maximum atomic E-state index is 11.9. The van der Waals surface area contributed by atoms with E-state index in [9.17, 15) is 4.79 Å². The van der Waals surface area contributed by atoms with Crippen LogP contribution in [0.5, 0.6) is 0 Å². The monoisotopic (exact) mass is 414 g/mol. The van der Waals surface area contributed by atoms with Crippen molar-refractivity contribution in [3.63, 3.8) is 0 Å². The van der Waals surface area contributed by atoms with E-state index in [1.165, 1.54) is 51.4 Å². The van der Waals surface area contributed by atoms with Crippen LogP contribution >= 0.6 is 0 Å². The Hall–Kier alpha value is -0.407. The van der Waals surface area contributed by atoms with Gasteiger partial charge in [0.15, 0.2) is 5.78 Å². The summed E-state index contributed by atoms with van der Waals surface area (Å²) >= 11 is 0.553. The van der Waals surface area contributed by atoms with Crippen molar-refractivity contribution in [2.24, 2.45) is 0 Å². The molecule has 0 N–H and O–H groups in total. The first kappa shape index (κ1) is 22.6. The van der Waals surface area contributed by atoms with Crippen LogP contribution in [0, 0.1) is 0 Å². The van der Waals surface area contributed by atoms with Gasteiger partial charge in [-0.05, 0) is 6.42 Å². The van der Waals surface area contributed by atoms with E-state index >= 15 is 0 Å². The first-order chi connectivity index (χ1) is 11.1. The van der Waals surface area contributed by atoms with Crippen molar-refractivity contribution in [1.82, 2.24) is 0 Å². The molecule has 1 aromatic carbocycles.